The van der Waals surface area contributed by atoms with Gasteiger partial charge in [0.1, 0.15) is 6.54 Å². The third-order valence-electron chi connectivity index (χ3n) is 4.20. The Balaban J connectivity index is 1.75. The Kier molecular flexibility index (Phi) is 6.11. The number of anilines is 1. The second-order valence-electron chi connectivity index (χ2n) is 6.13. The normalized spacial score (nSPS) is 13.0. The van der Waals surface area contributed by atoms with Crippen LogP contribution in [-0.2, 0) is 16.0 Å². The highest BCUT2D eigenvalue weighted by Crippen LogP contribution is 2.32. The monoisotopic (exact) mass is 420 g/mol. The highest BCUT2D eigenvalue weighted by molar-refractivity contribution is 6.35. The number of amides is 2. The number of benzene rings is 2. The first-order chi connectivity index (χ1) is 13.4. The molecule has 6 nitrogen and oxygen atoms in total. The number of carbonyl (C=O) groups is 2. The molecule has 0 bridgehead atoms. The lowest BCUT2D eigenvalue weighted by molar-refractivity contribution is -0.131. The van der Waals surface area contributed by atoms with Crippen molar-refractivity contribution in [2.75, 3.05) is 26.1 Å². The molecule has 0 fully saturated rings. The summed E-state index contributed by atoms with van der Waals surface area (Å²) in [7, 11) is 3.09. The summed E-state index contributed by atoms with van der Waals surface area (Å²) in [5.41, 5.74) is 2.09. The van der Waals surface area contributed by atoms with Gasteiger partial charge in [0.25, 0.3) is 0 Å². The first-order valence-corrected chi connectivity index (χ1v) is 9.13. The van der Waals surface area contributed by atoms with E-state index in [1.807, 2.05) is 0 Å². The first kappa shape index (κ1) is 20.0. The van der Waals surface area contributed by atoms with E-state index in [1.165, 1.54) is 12.0 Å². The summed E-state index contributed by atoms with van der Waals surface area (Å²) in [5.74, 6) is 0.549. The molecule has 8 heteroatoms. The van der Waals surface area contributed by atoms with Crippen LogP contribution in [0.4, 0.5) is 5.69 Å². The molecule has 0 spiro atoms. The molecule has 0 unspecified atom stereocenters. The van der Waals surface area contributed by atoms with Crippen LogP contribution < -0.4 is 14.8 Å². The van der Waals surface area contributed by atoms with Crippen LogP contribution >= 0.6 is 23.2 Å². The molecule has 1 aliphatic rings. The van der Waals surface area contributed by atoms with Gasteiger partial charge in [-0.05, 0) is 47.5 Å². The van der Waals surface area contributed by atoms with Crippen molar-refractivity contribution in [2.45, 2.75) is 6.42 Å². The molecule has 1 N–H and O–H groups in total. The van der Waals surface area contributed by atoms with Gasteiger partial charge in [-0.3, -0.25) is 9.59 Å². The van der Waals surface area contributed by atoms with Crippen molar-refractivity contribution in [1.29, 1.82) is 0 Å². The molecule has 0 saturated heterocycles. The maximum Gasteiger partial charge on any atom is 0.244 e. The van der Waals surface area contributed by atoms with Crippen molar-refractivity contribution in [3.05, 3.63) is 57.7 Å². The van der Waals surface area contributed by atoms with E-state index >= 15 is 0 Å². The Bertz CT molecular complexity index is 939. The summed E-state index contributed by atoms with van der Waals surface area (Å²) in [6.07, 6.45) is 3.50. The number of ether oxygens (including phenoxy) is 2. The predicted octanol–water partition coefficient (Wildman–Crippen LogP) is 4.00. The zero-order chi connectivity index (χ0) is 20.3. The van der Waals surface area contributed by atoms with E-state index in [9.17, 15) is 9.59 Å². The van der Waals surface area contributed by atoms with Gasteiger partial charge in [0.15, 0.2) is 11.5 Å². The second kappa shape index (κ2) is 8.54. The quantitative estimate of drug-likeness (QED) is 0.793. The lowest BCUT2D eigenvalue weighted by Gasteiger charge is -2.17. The molecular formula is C20H18Cl2N2O4. The molecule has 146 valence electrons. The fraction of sp³-hybridized carbons (Fsp3) is 0.200. The van der Waals surface area contributed by atoms with Crippen LogP contribution in [0, 0.1) is 0 Å². The molecule has 2 aromatic rings. The molecule has 0 aromatic heterocycles. The van der Waals surface area contributed by atoms with Crippen molar-refractivity contribution >= 4 is 46.8 Å². The molecule has 0 atom stereocenters. The van der Waals surface area contributed by atoms with E-state index in [-0.39, 0.29) is 24.8 Å². The summed E-state index contributed by atoms with van der Waals surface area (Å²) in [6, 6.07) is 8.31. The predicted molar refractivity (Wildman–Crippen MR) is 109 cm³/mol. The van der Waals surface area contributed by atoms with Crippen molar-refractivity contribution in [3.63, 3.8) is 0 Å². The van der Waals surface area contributed by atoms with Crippen molar-refractivity contribution in [1.82, 2.24) is 4.90 Å². The molecule has 28 heavy (non-hydrogen) atoms. The minimum absolute atomic E-state index is 0.137. The molecule has 0 radical (unpaired) electrons. The molecule has 2 aromatic carbocycles. The van der Waals surface area contributed by atoms with Crippen molar-refractivity contribution in [3.8, 4) is 11.5 Å². The molecule has 1 heterocycles. The zero-order valence-electron chi connectivity index (χ0n) is 15.3. The van der Waals surface area contributed by atoms with Gasteiger partial charge >= 0.3 is 0 Å². The molecule has 2 amide bonds. The standard InChI is InChI=1S/C20H18Cl2N2O4/c1-27-17-5-12-3-4-24(20(26)7-13(12)6-18(17)28-2)11-19(25)23-16-9-14(21)8-15(22)10-16/h3-6,8-10H,7,11H2,1-2H3,(H,23,25). The van der Waals surface area contributed by atoms with Gasteiger partial charge in [-0.2, -0.15) is 0 Å². The third-order valence-corrected chi connectivity index (χ3v) is 4.64. The number of hydrogen-bond acceptors (Lipinski definition) is 4. The van der Waals surface area contributed by atoms with Crippen LogP contribution in [0.15, 0.2) is 36.5 Å². The highest BCUT2D eigenvalue weighted by atomic mass is 35.5. The lowest BCUT2D eigenvalue weighted by atomic mass is 10.0. The van der Waals surface area contributed by atoms with Gasteiger partial charge < -0.3 is 19.7 Å². The Hall–Kier alpha value is -2.70. The van der Waals surface area contributed by atoms with Crippen LogP contribution in [0.3, 0.4) is 0 Å². The van der Waals surface area contributed by atoms with E-state index in [0.29, 0.717) is 27.2 Å². The second-order valence-corrected chi connectivity index (χ2v) is 7.00. The smallest absolute Gasteiger partial charge is 0.244 e. The third kappa shape index (κ3) is 4.58. The highest BCUT2D eigenvalue weighted by Gasteiger charge is 2.21. The fourth-order valence-corrected chi connectivity index (χ4v) is 3.41. The summed E-state index contributed by atoms with van der Waals surface area (Å²) in [4.78, 5) is 26.3. The first-order valence-electron chi connectivity index (χ1n) is 8.38. The van der Waals surface area contributed by atoms with E-state index in [4.69, 9.17) is 32.7 Å². The minimum atomic E-state index is -0.363. The van der Waals surface area contributed by atoms with E-state index < -0.39 is 0 Å². The molecule has 0 aliphatic carbocycles. The number of methoxy groups -OCH3 is 2. The Morgan fingerprint density at radius 1 is 1.07 bits per heavy atom. The molecule has 3 rings (SSSR count). The summed E-state index contributed by atoms with van der Waals surface area (Å²) in [6.45, 7) is -0.137. The van der Waals surface area contributed by atoms with Crippen molar-refractivity contribution < 1.29 is 19.1 Å². The van der Waals surface area contributed by atoms with Crippen LogP contribution in [0.5, 0.6) is 11.5 Å². The average molecular weight is 421 g/mol. The van der Waals surface area contributed by atoms with Gasteiger partial charge in [0.2, 0.25) is 11.8 Å². The van der Waals surface area contributed by atoms with Crippen molar-refractivity contribution in [2.24, 2.45) is 0 Å². The van der Waals surface area contributed by atoms with E-state index in [0.717, 1.165) is 11.1 Å². The van der Waals surface area contributed by atoms with Gasteiger partial charge in [0, 0.05) is 21.9 Å². The molecule has 0 saturated carbocycles. The number of halogens is 2. The zero-order valence-corrected chi connectivity index (χ0v) is 16.8. The Morgan fingerprint density at radius 2 is 1.71 bits per heavy atom. The molecule has 1 aliphatic heterocycles. The van der Waals surface area contributed by atoms with Crippen LogP contribution in [0.2, 0.25) is 10.0 Å². The van der Waals surface area contributed by atoms with Gasteiger partial charge in [0.05, 0.1) is 20.6 Å². The number of nitrogens with zero attached hydrogens (tertiary/aromatic N) is 1. The van der Waals surface area contributed by atoms with E-state index in [1.54, 1.807) is 49.7 Å². The summed E-state index contributed by atoms with van der Waals surface area (Å²) >= 11 is 11.9. The topological polar surface area (TPSA) is 67.9 Å². The Morgan fingerprint density at radius 3 is 2.36 bits per heavy atom. The number of nitrogens with one attached hydrogen (secondary N) is 1. The minimum Gasteiger partial charge on any atom is -0.493 e. The Labute approximate surface area is 172 Å². The number of rotatable bonds is 5. The van der Waals surface area contributed by atoms with Gasteiger partial charge in [-0.25, -0.2) is 0 Å². The van der Waals surface area contributed by atoms with Gasteiger partial charge in [-0.1, -0.05) is 23.2 Å². The van der Waals surface area contributed by atoms with Crippen LogP contribution in [0.1, 0.15) is 11.1 Å². The van der Waals surface area contributed by atoms with Crippen LogP contribution in [-0.4, -0.2) is 37.5 Å². The SMILES string of the molecule is COc1cc2c(cc1OC)CC(=O)N(CC(=O)Nc1cc(Cl)cc(Cl)c1)C=C2. The summed E-state index contributed by atoms with van der Waals surface area (Å²) < 4.78 is 10.6. The number of carbonyl (C=O) groups excluding carboxylic acids is 2. The molecular weight excluding hydrogens is 403 g/mol. The van der Waals surface area contributed by atoms with Gasteiger partial charge in [-0.15, -0.1) is 0 Å². The van der Waals surface area contributed by atoms with E-state index in [2.05, 4.69) is 5.32 Å². The maximum atomic E-state index is 12.6. The number of fused-ring (bicyclic) bond motifs is 1. The largest absolute Gasteiger partial charge is 0.493 e. The van der Waals surface area contributed by atoms with Crippen LogP contribution in [0.25, 0.3) is 6.08 Å². The number of hydrogen-bond donors (Lipinski definition) is 1. The fourth-order valence-electron chi connectivity index (χ4n) is 2.89. The average Bonchev–Trinajstić information content (AvgIpc) is 2.78. The lowest BCUT2D eigenvalue weighted by Crippen LogP contribution is -2.34. The summed E-state index contributed by atoms with van der Waals surface area (Å²) in [5, 5.41) is 3.51. The maximum absolute atomic E-state index is 12.6.